The number of hydrogen-bond donors (Lipinski definition) is 2. The largest absolute Gasteiger partial charge is 0.382 e. The first-order valence-corrected chi connectivity index (χ1v) is 11.5. The number of aryl methyl sites for hydroxylation is 1. The van der Waals surface area contributed by atoms with Gasteiger partial charge in [0.15, 0.2) is 11.4 Å². The van der Waals surface area contributed by atoms with Crippen LogP contribution < -0.4 is 10.2 Å². The number of para-hydroxylation sites is 2. The number of aliphatic hydroxyl groups is 1. The molecule has 5 heteroatoms. The highest BCUT2D eigenvalue weighted by Crippen LogP contribution is 2.52. The lowest BCUT2D eigenvalue weighted by Gasteiger charge is -2.40. The smallest absolute Gasteiger partial charge is 0.265 e. The van der Waals surface area contributed by atoms with E-state index in [9.17, 15) is 14.7 Å². The summed E-state index contributed by atoms with van der Waals surface area (Å²) in [6.45, 7) is 4.58. The van der Waals surface area contributed by atoms with Gasteiger partial charge in [0.1, 0.15) is 0 Å². The van der Waals surface area contributed by atoms with Crippen LogP contribution in [0, 0.1) is 6.92 Å². The van der Waals surface area contributed by atoms with Crippen LogP contribution in [0.4, 0.5) is 11.4 Å². The minimum Gasteiger partial charge on any atom is -0.382 e. The molecule has 2 unspecified atom stereocenters. The van der Waals surface area contributed by atoms with Gasteiger partial charge < -0.3 is 10.4 Å². The van der Waals surface area contributed by atoms with Crippen LogP contribution in [-0.2, 0) is 15.9 Å². The molecule has 3 aromatic rings. The summed E-state index contributed by atoms with van der Waals surface area (Å²) in [6.07, 6.45) is 1.31. The fourth-order valence-corrected chi connectivity index (χ4v) is 5.50. The van der Waals surface area contributed by atoms with E-state index in [2.05, 4.69) is 18.3 Å². The van der Waals surface area contributed by atoms with Crippen LogP contribution in [0.3, 0.4) is 0 Å². The summed E-state index contributed by atoms with van der Waals surface area (Å²) in [6, 6.07) is 22.6. The van der Waals surface area contributed by atoms with Crippen LogP contribution in [0.1, 0.15) is 53.2 Å². The van der Waals surface area contributed by atoms with E-state index in [1.54, 1.807) is 23.1 Å². The van der Waals surface area contributed by atoms with Gasteiger partial charge in [0.05, 0.1) is 17.6 Å². The van der Waals surface area contributed by atoms with Crippen LogP contribution in [0.2, 0.25) is 0 Å². The molecule has 2 aliphatic rings. The number of carbonyl (C=O) groups excluding carboxylic acids is 2. The van der Waals surface area contributed by atoms with Crippen molar-refractivity contribution in [3.8, 4) is 0 Å². The number of anilines is 2. The Morgan fingerprint density at radius 1 is 1.03 bits per heavy atom. The van der Waals surface area contributed by atoms with Gasteiger partial charge in [-0.25, -0.2) is 0 Å². The molecule has 0 aliphatic carbocycles. The summed E-state index contributed by atoms with van der Waals surface area (Å²) in [5.74, 6) is -0.683. The molecule has 2 aliphatic heterocycles. The molecule has 3 aromatic carbocycles. The maximum absolute atomic E-state index is 14.1. The Hall–Kier alpha value is -3.44. The number of amides is 1. The van der Waals surface area contributed by atoms with Gasteiger partial charge in [0, 0.05) is 28.9 Å². The molecule has 5 rings (SSSR count). The standard InChI is InChI=1S/C28H28N2O3/c1-3-15-27(18-29-23-13-6-4-11-21(23)27)30-24-14-7-5-12-22(24)28(33,26(30)32)17-25(31)20-10-8-9-19(2)16-20/h4-14,16,29,33H,3,15,17-18H2,1-2H3. The molecule has 0 aromatic heterocycles. The number of carbonyl (C=O) groups is 2. The normalized spacial score (nSPS) is 23.2. The van der Waals surface area contributed by atoms with Crippen LogP contribution in [0.15, 0.2) is 72.8 Å². The van der Waals surface area contributed by atoms with Gasteiger partial charge >= 0.3 is 0 Å². The number of ketones is 1. The molecule has 2 atom stereocenters. The third-order valence-electron chi connectivity index (χ3n) is 7.00. The SMILES string of the molecule is CCCC1(N2C(=O)C(O)(CC(=O)c3cccc(C)c3)c3ccccc32)CNc2ccccc21. The second-order valence-corrected chi connectivity index (χ2v) is 9.17. The summed E-state index contributed by atoms with van der Waals surface area (Å²) in [7, 11) is 0. The minimum atomic E-state index is -1.91. The zero-order valence-corrected chi connectivity index (χ0v) is 19.0. The van der Waals surface area contributed by atoms with Crippen molar-refractivity contribution in [1.29, 1.82) is 0 Å². The van der Waals surface area contributed by atoms with Crippen molar-refractivity contribution in [3.63, 3.8) is 0 Å². The minimum absolute atomic E-state index is 0.249. The average molecular weight is 441 g/mol. The maximum Gasteiger partial charge on any atom is 0.265 e. The van der Waals surface area contributed by atoms with Crippen molar-refractivity contribution in [1.82, 2.24) is 0 Å². The number of rotatable bonds is 6. The fourth-order valence-electron chi connectivity index (χ4n) is 5.50. The third kappa shape index (κ3) is 3.18. The maximum atomic E-state index is 14.1. The van der Waals surface area contributed by atoms with Crippen molar-refractivity contribution in [2.75, 3.05) is 16.8 Å². The molecule has 0 spiro atoms. The topological polar surface area (TPSA) is 69.6 Å². The van der Waals surface area contributed by atoms with E-state index in [0.29, 0.717) is 23.4 Å². The molecule has 2 heterocycles. The lowest BCUT2D eigenvalue weighted by Crippen LogP contribution is -2.53. The van der Waals surface area contributed by atoms with Gasteiger partial charge in [0.25, 0.3) is 5.91 Å². The number of hydrogen-bond acceptors (Lipinski definition) is 4. The zero-order chi connectivity index (χ0) is 23.2. The van der Waals surface area contributed by atoms with Crippen LogP contribution in [-0.4, -0.2) is 23.3 Å². The first-order valence-electron chi connectivity index (χ1n) is 11.5. The summed E-state index contributed by atoms with van der Waals surface area (Å²) in [4.78, 5) is 29.1. The van der Waals surface area contributed by atoms with Gasteiger partial charge in [-0.2, -0.15) is 0 Å². The monoisotopic (exact) mass is 440 g/mol. The molecule has 0 fully saturated rings. The van der Waals surface area contributed by atoms with E-state index in [4.69, 9.17) is 0 Å². The molecular weight excluding hydrogens is 412 g/mol. The Morgan fingerprint density at radius 2 is 1.76 bits per heavy atom. The van der Waals surface area contributed by atoms with Gasteiger partial charge in [-0.15, -0.1) is 0 Å². The van der Waals surface area contributed by atoms with Crippen LogP contribution >= 0.6 is 0 Å². The van der Waals surface area contributed by atoms with Crippen molar-refractivity contribution in [2.24, 2.45) is 0 Å². The zero-order valence-electron chi connectivity index (χ0n) is 19.0. The highest BCUT2D eigenvalue weighted by Gasteiger charge is 2.58. The molecule has 0 radical (unpaired) electrons. The van der Waals surface area contributed by atoms with E-state index >= 15 is 0 Å². The van der Waals surface area contributed by atoms with E-state index in [1.807, 2.05) is 55.5 Å². The van der Waals surface area contributed by atoms with Crippen molar-refractivity contribution in [3.05, 3.63) is 95.1 Å². The number of benzene rings is 3. The molecule has 2 N–H and O–H groups in total. The second-order valence-electron chi connectivity index (χ2n) is 9.17. The highest BCUT2D eigenvalue weighted by molar-refractivity contribution is 6.12. The van der Waals surface area contributed by atoms with E-state index < -0.39 is 17.0 Å². The first-order chi connectivity index (χ1) is 15.9. The Bertz CT molecular complexity index is 1250. The van der Waals surface area contributed by atoms with Crippen molar-refractivity contribution in [2.45, 2.75) is 44.2 Å². The van der Waals surface area contributed by atoms with Gasteiger partial charge in [-0.1, -0.05) is 73.5 Å². The predicted octanol–water partition coefficient (Wildman–Crippen LogP) is 4.92. The number of nitrogens with zero attached hydrogens (tertiary/aromatic N) is 1. The summed E-state index contributed by atoms with van der Waals surface area (Å²) >= 11 is 0. The Balaban J connectivity index is 1.61. The average Bonchev–Trinajstić information content (AvgIpc) is 3.28. The van der Waals surface area contributed by atoms with E-state index in [1.165, 1.54) is 0 Å². The van der Waals surface area contributed by atoms with Crippen LogP contribution in [0.25, 0.3) is 0 Å². The lowest BCUT2D eigenvalue weighted by molar-refractivity contribution is -0.137. The Kier molecular flexibility index (Phi) is 5.09. The Labute approximate surface area is 194 Å². The van der Waals surface area contributed by atoms with Gasteiger partial charge in [0.2, 0.25) is 0 Å². The molecule has 33 heavy (non-hydrogen) atoms. The predicted molar refractivity (Wildman–Crippen MR) is 129 cm³/mol. The number of Topliss-reactive ketones (excluding diaryl/α,β-unsaturated/α-hetero) is 1. The summed E-state index contributed by atoms with van der Waals surface area (Å²) in [5.41, 5.74) is 2.15. The van der Waals surface area contributed by atoms with Gasteiger partial charge in [-0.3, -0.25) is 14.5 Å². The lowest BCUT2D eigenvalue weighted by atomic mass is 9.84. The molecular formula is C28H28N2O3. The van der Waals surface area contributed by atoms with E-state index in [0.717, 1.165) is 29.7 Å². The molecule has 0 bridgehead atoms. The van der Waals surface area contributed by atoms with Crippen molar-refractivity contribution < 1.29 is 14.7 Å². The number of fused-ring (bicyclic) bond motifs is 2. The molecule has 0 saturated carbocycles. The summed E-state index contributed by atoms with van der Waals surface area (Å²) < 4.78 is 0. The second kappa shape index (κ2) is 7.85. The molecule has 168 valence electrons. The van der Waals surface area contributed by atoms with Gasteiger partial charge in [-0.05, 0) is 31.5 Å². The van der Waals surface area contributed by atoms with E-state index in [-0.39, 0.29) is 12.2 Å². The summed E-state index contributed by atoms with van der Waals surface area (Å²) in [5, 5.41) is 15.3. The molecule has 5 nitrogen and oxygen atoms in total. The fraction of sp³-hybridized carbons (Fsp3) is 0.286. The molecule has 1 amide bonds. The quantitative estimate of drug-likeness (QED) is 0.534. The first kappa shape index (κ1) is 21.4. The molecule has 0 saturated heterocycles. The highest BCUT2D eigenvalue weighted by atomic mass is 16.3. The Morgan fingerprint density at radius 3 is 2.52 bits per heavy atom. The third-order valence-corrected chi connectivity index (χ3v) is 7.00. The number of nitrogens with one attached hydrogen (secondary N) is 1. The van der Waals surface area contributed by atoms with Crippen molar-refractivity contribution >= 4 is 23.1 Å². The van der Waals surface area contributed by atoms with Crippen LogP contribution in [0.5, 0.6) is 0 Å².